The van der Waals surface area contributed by atoms with Gasteiger partial charge in [0.25, 0.3) is 0 Å². The molecular formula is C12H22O. The summed E-state index contributed by atoms with van der Waals surface area (Å²) in [4.78, 5) is 11.4. The minimum atomic E-state index is -0.105. The molecule has 0 rings (SSSR count). The fourth-order valence-corrected chi connectivity index (χ4v) is 1.28. The number of hydrogen-bond donors (Lipinski definition) is 0. The van der Waals surface area contributed by atoms with Gasteiger partial charge in [0.05, 0.1) is 0 Å². The summed E-state index contributed by atoms with van der Waals surface area (Å²) >= 11 is 0. The van der Waals surface area contributed by atoms with Crippen LogP contribution in [0.3, 0.4) is 0 Å². The van der Waals surface area contributed by atoms with Gasteiger partial charge in [0.1, 0.15) is 5.78 Å². The van der Waals surface area contributed by atoms with Gasteiger partial charge in [-0.25, -0.2) is 0 Å². The molecule has 0 saturated heterocycles. The molecule has 1 unspecified atom stereocenters. The highest BCUT2D eigenvalue weighted by molar-refractivity contribution is 5.81. The second kappa shape index (κ2) is 5.21. The molecule has 0 aliphatic heterocycles. The van der Waals surface area contributed by atoms with Crippen LogP contribution in [0.25, 0.3) is 0 Å². The molecule has 0 aliphatic rings. The number of hydrogen-bond acceptors (Lipinski definition) is 1. The lowest BCUT2D eigenvalue weighted by molar-refractivity contribution is -0.126. The van der Waals surface area contributed by atoms with Gasteiger partial charge in [0.2, 0.25) is 0 Å². The monoisotopic (exact) mass is 182 g/mol. The smallest absolute Gasteiger partial charge is 0.135 e. The molecule has 0 radical (unpaired) electrons. The molecule has 0 heterocycles. The largest absolute Gasteiger partial charge is 0.299 e. The summed E-state index contributed by atoms with van der Waals surface area (Å²) in [5, 5.41) is 0. The summed E-state index contributed by atoms with van der Waals surface area (Å²) in [6, 6.07) is 0. The molecule has 1 nitrogen and oxygen atoms in total. The Morgan fingerprint density at radius 1 is 1.31 bits per heavy atom. The molecule has 0 bridgehead atoms. The fourth-order valence-electron chi connectivity index (χ4n) is 1.28. The Bertz CT molecular complexity index is 199. The van der Waals surface area contributed by atoms with Gasteiger partial charge in [-0.05, 0) is 40.0 Å². The van der Waals surface area contributed by atoms with Crippen molar-refractivity contribution in [3.63, 3.8) is 0 Å². The van der Waals surface area contributed by atoms with Gasteiger partial charge in [-0.1, -0.05) is 25.5 Å². The van der Waals surface area contributed by atoms with Crippen molar-refractivity contribution in [3.8, 4) is 0 Å². The van der Waals surface area contributed by atoms with Gasteiger partial charge in [0, 0.05) is 5.41 Å². The number of allylic oxidation sites excluding steroid dienone is 2. The first kappa shape index (κ1) is 12.4. The standard InChI is InChI=1S/C12H22O/c1-6-12(5,11(4)13)9-7-8-10(2)3/h8H,6-7,9H2,1-5H3. The lowest BCUT2D eigenvalue weighted by Gasteiger charge is -2.24. The Morgan fingerprint density at radius 3 is 2.15 bits per heavy atom. The van der Waals surface area contributed by atoms with Crippen molar-refractivity contribution < 1.29 is 4.79 Å². The van der Waals surface area contributed by atoms with Crippen molar-refractivity contribution >= 4 is 5.78 Å². The van der Waals surface area contributed by atoms with E-state index < -0.39 is 0 Å². The van der Waals surface area contributed by atoms with Crippen LogP contribution in [-0.4, -0.2) is 5.78 Å². The zero-order chi connectivity index (χ0) is 10.5. The van der Waals surface area contributed by atoms with Gasteiger partial charge in [0.15, 0.2) is 0 Å². The molecule has 1 atom stereocenters. The van der Waals surface area contributed by atoms with Crippen molar-refractivity contribution in [1.82, 2.24) is 0 Å². The molecule has 0 fully saturated rings. The van der Waals surface area contributed by atoms with Crippen LogP contribution < -0.4 is 0 Å². The number of carbonyl (C=O) groups excluding carboxylic acids is 1. The summed E-state index contributed by atoms with van der Waals surface area (Å²) in [5.41, 5.74) is 1.23. The summed E-state index contributed by atoms with van der Waals surface area (Å²) in [6.45, 7) is 10.0. The van der Waals surface area contributed by atoms with Crippen molar-refractivity contribution in [2.24, 2.45) is 5.41 Å². The summed E-state index contributed by atoms with van der Waals surface area (Å²) in [7, 11) is 0. The highest BCUT2D eigenvalue weighted by atomic mass is 16.1. The Kier molecular flexibility index (Phi) is 4.97. The highest BCUT2D eigenvalue weighted by Crippen LogP contribution is 2.28. The minimum Gasteiger partial charge on any atom is -0.299 e. The fraction of sp³-hybridized carbons (Fsp3) is 0.750. The molecule has 0 aromatic rings. The van der Waals surface area contributed by atoms with E-state index in [2.05, 4.69) is 33.8 Å². The van der Waals surface area contributed by atoms with Crippen molar-refractivity contribution in [2.45, 2.75) is 53.9 Å². The van der Waals surface area contributed by atoms with Gasteiger partial charge in [-0.2, -0.15) is 0 Å². The zero-order valence-electron chi connectivity index (χ0n) is 9.61. The molecule has 0 saturated carbocycles. The predicted molar refractivity (Wildman–Crippen MR) is 57.7 cm³/mol. The molecule has 76 valence electrons. The average molecular weight is 182 g/mol. The van der Waals surface area contributed by atoms with E-state index in [1.54, 1.807) is 6.92 Å². The first-order valence-electron chi connectivity index (χ1n) is 5.07. The molecule has 0 aromatic carbocycles. The van der Waals surface area contributed by atoms with Crippen LogP contribution in [0, 0.1) is 5.41 Å². The zero-order valence-corrected chi connectivity index (χ0v) is 9.61. The summed E-state index contributed by atoms with van der Waals surface area (Å²) in [5.74, 6) is 0.317. The van der Waals surface area contributed by atoms with Crippen LogP contribution >= 0.6 is 0 Å². The molecule has 0 N–H and O–H groups in total. The van der Waals surface area contributed by atoms with E-state index in [0.717, 1.165) is 19.3 Å². The van der Waals surface area contributed by atoms with Crippen molar-refractivity contribution in [1.29, 1.82) is 0 Å². The Balaban J connectivity index is 4.14. The van der Waals surface area contributed by atoms with Crippen LogP contribution in [0.4, 0.5) is 0 Å². The van der Waals surface area contributed by atoms with Crippen molar-refractivity contribution in [2.75, 3.05) is 0 Å². The molecule has 0 aromatic heterocycles. The Hall–Kier alpha value is -0.590. The maximum Gasteiger partial charge on any atom is 0.135 e. The Labute approximate surface area is 82.2 Å². The molecular weight excluding hydrogens is 160 g/mol. The van der Waals surface area contributed by atoms with Crippen LogP contribution in [0.15, 0.2) is 11.6 Å². The lowest BCUT2D eigenvalue weighted by atomic mass is 9.79. The first-order valence-corrected chi connectivity index (χ1v) is 5.07. The number of ketones is 1. The van der Waals surface area contributed by atoms with E-state index >= 15 is 0 Å². The van der Waals surface area contributed by atoms with E-state index in [-0.39, 0.29) is 5.41 Å². The van der Waals surface area contributed by atoms with Crippen LogP contribution in [0.5, 0.6) is 0 Å². The minimum absolute atomic E-state index is 0.105. The van der Waals surface area contributed by atoms with Gasteiger partial charge >= 0.3 is 0 Å². The maximum absolute atomic E-state index is 11.4. The quantitative estimate of drug-likeness (QED) is 0.592. The highest BCUT2D eigenvalue weighted by Gasteiger charge is 2.26. The van der Waals surface area contributed by atoms with Gasteiger partial charge in [-0.15, -0.1) is 0 Å². The van der Waals surface area contributed by atoms with Gasteiger partial charge < -0.3 is 0 Å². The molecule has 0 spiro atoms. The molecule has 0 aliphatic carbocycles. The van der Waals surface area contributed by atoms with E-state index in [9.17, 15) is 4.79 Å². The molecule has 0 amide bonds. The van der Waals surface area contributed by atoms with Crippen molar-refractivity contribution in [3.05, 3.63) is 11.6 Å². The summed E-state index contributed by atoms with van der Waals surface area (Å²) < 4.78 is 0. The third kappa shape index (κ3) is 4.25. The van der Waals surface area contributed by atoms with E-state index in [0.29, 0.717) is 5.78 Å². The topological polar surface area (TPSA) is 17.1 Å². The van der Waals surface area contributed by atoms with E-state index in [1.807, 2.05) is 0 Å². The lowest BCUT2D eigenvalue weighted by Crippen LogP contribution is -2.24. The first-order chi connectivity index (χ1) is 5.92. The van der Waals surface area contributed by atoms with E-state index in [4.69, 9.17) is 0 Å². The maximum atomic E-state index is 11.4. The molecule has 13 heavy (non-hydrogen) atoms. The number of carbonyl (C=O) groups is 1. The third-order valence-electron chi connectivity index (χ3n) is 2.88. The normalized spacial score (nSPS) is 14.8. The predicted octanol–water partition coefficient (Wildman–Crippen LogP) is 3.74. The number of Topliss-reactive ketones (excluding diaryl/α,β-unsaturated/α-hetero) is 1. The third-order valence-corrected chi connectivity index (χ3v) is 2.88. The number of rotatable bonds is 5. The SMILES string of the molecule is CCC(C)(CCC=C(C)C)C(C)=O. The Morgan fingerprint density at radius 2 is 1.85 bits per heavy atom. The average Bonchev–Trinajstić information content (AvgIpc) is 2.03. The summed E-state index contributed by atoms with van der Waals surface area (Å²) in [6.07, 6.45) is 5.14. The van der Waals surface area contributed by atoms with Crippen LogP contribution in [0.2, 0.25) is 0 Å². The second-order valence-electron chi connectivity index (χ2n) is 4.29. The second-order valence-corrected chi connectivity index (χ2v) is 4.29. The van der Waals surface area contributed by atoms with Crippen LogP contribution in [0.1, 0.15) is 53.9 Å². The van der Waals surface area contributed by atoms with E-state index in [1.165, 1.54) is 5.57 Å². The van der Waals surface area contributed by atoms with Crippen LogP contribution in [-0.2, 0) is 4.79 Å². The molecule has 1 heteroatoms. The van der Waals surface area contributed by atoms with Gasteiger partial charge in [-0.3, -0.25) is 4.79 Å².